The van der Waals surface area contributed by atoms with E-state index in [1.165, 1.54) is 6.07 Å². The fraction of sp³-hybridized carbons (Fsp3) is 0.214. The van der Waals surface area contributed by atoms with Crippen molar-refractivity contribution in [1.29, 1.82) is 0 Å². The van der Waals surface area contributed by atoms with E-state index in [4.69, 9.17) is 4.84 Å². The number of aromatic nitrogens is 3. The lowest BCUT2D eigenvalue weighted by Crippen LogP contribution is -2.30. The van der Waals surface area contributed by atoms with Gasteiger partial charge in [-0.25, -0.2) is 14.1 Å². The van der Waals surface area contributed by atoms with Gasteiger partial charge in [0.15, 0.2) is 11.9 Å². The highest BCUT2D eigenvalue weighted by Gasteiger charge is 2.27. The number of oxime groups is 1. The summed E-state index contributed by atoms with van der Waals surface area (Å²) in [5.41, 5.74) is 4.37. The van der Waals surface area contributed by atoms with Crippen molar-refractivity contribution in [2.75, 3.05) is 0 Å². The molecule has 1 N–H and O–H groups in total. The second-order valence-electron chi connectivity index (χ2n) is 9.12. The zero-order valence-electron chi connectivity index (χ0n) is 20.3. The standard InChI is InChI=1S/C28H26FN5O2/c1-17(2)31-28(35)21-14-19(22-9-8-18(3)12-23(22)29)13-20(15-21)25-16-26(36-33-25)24-6-4-7-27(32-24)34-11-5-10-30-34/h4-15,17,26H,16H2,1-3H3,(H,31,35). The third-order valence-electron chi connectivity index (χ3n) is 5.88. The van der Waals surface area contributed by atoms with Crippen LogP contribution in [0.25, 0.3) is 16.9 Å². The molecule has 1 atom stereocenters. The Morgan fingerprint density at radius 2 is 1.94 bits per heavy atom. The van der Waals surface area contributed by atoms with E-state index in [2.05, 4.69) is 20.6 Å². The van der Waals surface area contributed by atoms with Crippen LogP contribution in [0.5, 0.6) is 0 Å². The Morgan fingerprint density at radius 1 is 1.11 bits per heavy atom. The summed E-state index contributed by atoms with van der Waals surface area (Å²) in [4.78, 5) is 23.3. The number of aryl methyl sites for hydroxylation is 1. The molecule has 182 valence electrons. The monoisotopic (exact) mass is 483 g/mol. The van der Waals surface area contributed by atoms with Gasteiger partial charge in [-0.3, -0.25) is 4.79 Å². The number of rotatable bonds is 6. The summed E-state index contributed by atoms with van der Waals surface area (Å²) in [7, 11) is 0. The summed E-state index contributed by atoms with van der Waals surface area (Å²) in [5, 5.41) is 11.5. The van der Waals surface area contributed by atoms with Gasteiger partial charge in [0.2, 0.25) is 0 Å². The zero-order chi connectivity index (χ0) is 25.2. The number of halogens is 1. The second-order valence-corrected chi connectivity index (χ2v) is 9.12. The maximum absolute atomic E-state index is 14.9. The molecule has 0 radical (unpaired) electrons. The highest BCUT2D eigenvalue weighted by Crippen LogP contribution is 2.32. The lowest BCUT2D eigenvalue weighted by molar-refractivity contribution is 0.0825. The van der Waals surface area contributed by atoms with E-state index in [-0.39, 0.29) is 23.9 Å². The molecule has 0 spiro atoms. The smallest absolute Gasteiger partial charge is 0.251 e. The predicted molar refractivity (Wildman–Crippen MR) is 136 cm³/mol. The summed E-state index contributed by atoms with van der Waals surface area (Å²) >= 11 is 0. The summed E-state index contributed by atoms with van der Waals surface area (Å²) in [6.45, 7) is 5.63. The fourth-order valence-corrected chi connectivity index (χ4v) is 4.14. The molecule has 1 unspecified atom stereocenters. The average Bonchev–Trinajstić information content (AvgIpc) is 3.56. The molecule has 0 aliphatic carbocycles. The van der Waals surface area contributed by atoms with Crippen LogP contribution in [0, 0.1) is 12.7 Å². The average molecular weight is 484 g/mol. The van der Waals surface area contributed by atoms with Crippen LogP contribution in [-0.4, -0.2) is 32.4 Å². The molecular weight excluding hydrogens is 457 g/mol. The molecule has 0 saturated heterocycles. The summed E-state index contributed by atoms with van der Waals surface area (Å²) in [5.74, 6) is 0.105. The van der Waals surface area contributed by atoms with Crippen molar-refractivity contribution < 1.29 is 14.0 Å². The quantitative estimate of drug-likeness (QED) is 0.399. The molecule has 8 heteroatoms. The van der Waals surface area contributed by atoms with Gasteiger partial charge in [0.25, 0.3) is 5.91 Å². The molecule has 5 rings (SSSR count). The maximum atomic E-state index is 14.9. The Morgan fingerprint density at radius 3 is 2.69 bits per heavy atom. The van der Waals surface area contributed by atoms with Crippen LogP contribution in [0.3, 0.4) is 0 Å². The Hall–Kier alpha value is -4.33. The van der Waals surface area contributed by atoms with Crippen LogP contribution in [0.15, 0.2) is 78.2 Å². The largest absolute Gasteiger partial charge is 0.385 e. The maximum Gasteiger partial charge on any atom is 0.251 e. The molecule has 36 heavy (non-hydrogen) atoms. The van der Waals surface area contributed by atoms with E-state index in [1.54, 1.807) is 29.1 Å². The molecule has 1 amide bonds. The molecule has 4 aromatic rings. The Labute approximate surface area is 208 Å². The van der Waals surface area contributed by atoms with Gasteiger partial charge in [-0.05, 0) is 74.4 Å². The SMILES string of the molecule is Cc1ccc(-c2cc(C(=O)NC(C)C)cc(C3=NOC(c4cccc(-n5cccn5)n4)C3)c2)c(F)c1. The van der Waals surface area contributed by atoms with Gasteiger partial charge in [-0.15, -0.1) is 0 Å². The van der Waals surface area contributed by atoms with Gasteiger partial charge in [-0.2, -0.15) is 5.10 Å². The van der Waals surface area contributed by atoms with Gasteiger partial charge >= 0.3 is 0 Å². The molecule has 3 heterocycles. The van der Waals surface area contributed by atoms with E-state index in [1.807, 2.05) is 63.4 Å². The first-order valence-electron chi connectivity index (χ1n) is 11.8. The van der Waals surface area contributed by atoms with Gasteiger partial charge < -0.3 is 10.2 Å². The number of carbonyl (C=O) groups is 1. The lowest BCUT2D eigenvalue weighted by atomic mass is 9.94. The first-order chi connectivity index (χ1) is 17.4. The van der Waals surface area contributed by atoms with Crippen LogP contribution in [-0.2, 0) is 4.84 Å². The van der Waals surface area contributed by atoms with Crippen LogP contribution in [0.1, 0.15) is 53.6 Å². The van der Waals surface area contributed by atoms with E-state index >= 15 is 0 Å². The van der Waals surface area contributed by atoms with Crippen molar-refractivity contribution in [2.45, 2.75) is 39.3 Å². The van der Waals surface area contributed by atoms with Crippen molar-refractivity contribution in [3.05, 3.63) is 101 Å². The number of amides is 1. The summed E-state index contributed by atoms with van der Waals surface area (Å²) < 4.78 is 16.5. The molecule has 1 aliphatic rings. The number of nitrogens with one attached hydrogen (secondary N) is 1. The van der Waals surface area contributed by atoms with Crippen LogP contribution >= 0.6 is 0 Å². The third-order valence-corrected chi connectivity index (χ3v) is 5.88. The van der Waals surface area contributed by atoms with Crippen molar-refractivity contribution in [3.63, 3.8) is 0 Å². The second kappa shape index (κ2) is 9.73. The zero-order valence-corrected chi connectivity index (χ0v) is 20.3. The Balaban J connectivity index is 1.47. The van der Waals surface area contributed by atoms with Gasteiger partial charge in [-0.1, -0.05) is 23.4 Å². The first-order valence-corrected chi connectivity index (χ1v) is 11.8. The first kappa shape index (κ1) is 23.4. The topological polar surface area (TPSA) is 81.4 Å². The number of nitrogens with zero attached hydrogens (tertiary/aromatic N) is 4. The molecular formula is C28H26FN5O2. The molecule has 7 nitrogen and oxygen atoms in total. The van der Waals surface area contributed by atoms with Gasteiger partial charge in [0.1, 0.15) is 5.82 Å². The molecule has 1 aliphatic heterocycles. The van der Waals surface area contributed by atoms with E-state index in [0.29, 0.717) is 40.2 Å². The Kier molecular flexibility index (Phi) is 6.33. The van der Waals surface area contributed by atoms with E-state index < -0.39 is 0 Å². The number of pyridine rings is 1. The molecule has 0 bridgehead atoms. The minimum atomic E-state index is -0.386. The van der Waals surface area contributed by atoms with E-state index in [0.717, 1.165) is 11.3 Å². The third kappa shape index (κ3) is 4.88. The van der Waals surface area contributed by atoms with Crippen molar-refractivity contribution in [3.8, 4) is 16.9 Å². The van der Waals surface area contributed by atoms with Gasteiger partial charge in [0.05, 0.1) is 11.4 Å². The van der Waals surface area contributed by atoms with Crippen LogP contribution in [0.2, 0.25) is 0 Å². The normalized spacial score (nSPS) is 15.0. The highest BCUT2D eigenvalue weighted by molar-refractivity contribution is 6.05. The molecule has 2 aromatic carbocycles. The van der Waals surface area contributed by atoms with Crippen molar-refractivity contribution >= 4 is 11.6 Å². The number of carbonyl (C=O) groups excluding carboxylic acids is 1. The van der Waals surface area contributed by atoms with Crippen molar-refractivity contribution in [2.24, 2.45) is 5.16 Å². The summed E-state index contributed by atoms with van der Waals surface area (Å²) in [6, 6.07) is 17.8. The Bertz CT molecular complexity index is 1450. The van der Waals surface area contributed by atoms with Crippen LogP contribution in [0.4, 0.5) is 4.39 Å². The molecule has 0 saturated carbocycles. The summed E-state index contributed by atoms with van der Waals surface area (Å²) in [6.07, 6.45) is 3.59. The molecule has 2 aromatic heterocycles. The van der Waals surface area contributed by atoms with Crippen LogP contribution < -0.4 is 5.32 Å². The number of hydrogen-bond donors (Lipinski definition) is 1. The van der Waals surface area contributed by atoms with Crippen molar-refractivity contribution in [1.82, 2.24) is 20.1 Å². The molecule has 0 fully saturated rings. The minimum Gasteiger partial charge on any atom is -0.385 e. The minimum absolute atomic E-state index is 0.0367. The van der Waals surface area contributed by atoms with Gasteiger partial charge in [0, 0.05) is 41.5 Å². The predicted octanol–water partition coefficient (Wildman–Crippen LogP) is 5.39. The van der Waals surface area contributed by atoms with E-state index in [9.17, 15) is 9.18 Å². The number of hydrogen-bond acceptors (Lipinski definition) is 5. The highest BCUT2D eigenvalue weighted by atomic mass is 19.1. The number of benzene rings is 2. The lowest BCUT2D eigenvalue weighted by Gasteiger charge is -2.13. The fourth-order valence-electron chi connectivity index (χ4n) is 4.14.